The maximum absolute atomic E-state index is 13.0. The number of para-hydroxylation sites is 1. The molecule has 0 aliphatic heterocycles. The number of hydrogen-bond acceptors (Lipinski definition) is 4. The minimum Gasteiger partial charge on any atom is -0.326 e. The SMILES string of the molecule is O=C(Cc1ccc(S(=O)(=O)CC2CC2)cc1)Nc1ccc(C(=O)Nc2ccccc2)c(C2CCC2)c1. The van der Waals surface area contributed by atoms with Crippen molar-refractivity contribution in [2.45, 2.75) is 49.3 Å². The second kappa shape index (κ2) is 10.3. The highest BCUT2D eigenvalue weighted by atomic mass is 32.2. The monoisotopic (exact) mass is 502 g/mol. The first kappa shape index (κ1) is 24.3. The van der Waals surface area contributed by atoms with Crippen LogP contribution in [0.1, 0.15) is 59.5 Å². The molecule has 0 unspecified atom stereocenters. The van der Waals surface area contributed by atoms with Crippen molar-refractivity contribution in [2.24, 2.45) is 5.92 Å². The Morgan fingerprint density at radius 3 is 2.17 bits per heavy atom. The van der Waals surface area contributed by atoms with E-state index in [1.54, 1.807) is 36.4 Å². The Bertz CT molecular complexity index is 1360. The lowest BCUT2D eigenvalue weighted by molar-refractivity contribution is -0.115. The topological polar surface area (TPSA) is 92.3 Å². The molecule has 186 valence electrons. The van der Waals surface area contributed by atoms with Gasteiger partial charge in [0.05, 0.1) is 17.1 Å². The molecule has 2 N–H and O–H groups in total. The van der Waals surface area contributed by atoms with Gasteiger partial charge in [-0.3, -0.25) is 9.59 Å². The number of benzene rings is 3. The number of amides is 2. The van der Waals surface area contributed by atoms with Crippen molar-refractivity contribution in [1.82, 2.24) is 0 Å². The summed E-state index contributed by atoms with van der Waals surface area (Å²) in [7, 11) is -3.27. The predicted molar refractivity (Wildman–Crippen MR) is 141 cm³/mol. The fourth-order valence-electron chi connectivity index (χ4n) is 4.52. The number of anilines is 2. The minimum absolute atomic E-state index is 0.137. The third-order valence-corrected chi connectivity index (χ3v) is 8.86. The average molecular weight is 503 g/mol. The van der Waals surface area contributed by atoms with Gasteiger partial charge in [0.15, 0.2) is 9.84 Å². The molecule has 0 bridgehead atoms. The van der Waals surface area contributed by atoms with Crippen molar-refractivity contribution in [1.29, 1.82) is 0 Å². The van der Waals surface area contributed by atoms with Crippen LogP contribution in [0.2, 0.25) is 0 Å². The molecule has 2 fully saturated rings. The summed E-state index contributed by atoms with van der Waals surface area (Å²) in [6.07, 6.45) is 5.29. The Balaban J connectivity index is 1.25. The minimum atomic E-state index is -3.27. The fourth-order valence-corrected chi connectivity index (χ4v) is 6.22. The molecule has 0 aromatic heterocycles. The van der Waals surface area contributed by atoms with Crippen LogP contribution in [-0.4, -0.2) is 26.0 Å². The molecule has 0 heterocycles. The fraction of sp³-hybridized carbons (Fsp3) is 0.310. The van der Waals surface area contributed by atoms with Crippen LogP contribution >= 0.6 is 0 Å². The molecule has 2 amide bonds. The van der Waals surface area contributed by atoms with Gasteiger partial charge in [0.1, 0.15) is 0 Å². The summed E-state index contributed by atoms with van der Waals surface area (Å²) < 4.78 is 24.9. The van der Waals surface area contributed by atoms with Crippen LogP contribution in [0, 0.1) is 5.92 Å². The lowest BCUT2D eigenvalue weighted by Crippen LogP contribution is -2.20. The van der Waals surface area contributed by atoms with Crippen LogP contribution in [0.4, 0.5) is 11.4 Å². The van der Waals surface area contributed by atoms with E-state index in [0.717, 1.165) is 48.9 Å². The molecule has 0 spiro atoms. The molecule has 0 radical (unpaired) electrons. The number of rotatable bonds is 9. The van der Waals surface area contributed by atoms with Gasteiger partial charge in [0.25, 0.3) is 5.91 Å². The quantitative estimate of drug-likeness (QED) is 0.400. The first-order valence-electron chi connectivity index (χ1n) is 12.5. The molecule has 3 aromatic rings. The molecule has 0 atom stereocenters. The summed E-state index contributed by atoms with van der Waals surface area (Å²) in [5, 5.41) is 5.89. The van der Waals surface area contributed by atoms with Crippen LogP contribution in [0.3, 0.4) is 0 Å². The molecule has 2 aliphatic carbocycles. The van der Waals surface area contributed by atoms with Gasteiger partial charge in [0.2, 0.25) is 5.91 Å². The maximum Gasteiger partial charge on any atom is 0.255 e. The van der Waals surface area contributed by atoms with Gasteiger partial charge in [-0.25, -0.2) is 8.42 Å². The van der Waals surface area contributed by atoms with Crippen molar-refractivity contribution in [3.8, 4) is 0 Å². The van der Waals surface area contributed by atoms with Gasteiger partial charge in [0, 0.05) is 16.9 Å². The second-order valence-corrected chi connectivity index (χ2v) is 11.9. The van der Waals surface area contributed by atoms with Crippen LogP contribution in [0.25, 0.3) is 0 Å². The van der Waals surface area contributed by atoms with Crippen molar-refractivity contribution < 1.29 is 18.0 Å². The molecule has 36 heavy (non-hydrogen) atoms. The smallest absolute Gasteiger partial charge is 0.255 e. The van der Waals surface area contributed by atoms with E-state index in [9.17, 15) is 18.0 Å². The van der Waals surface area contributed by atoms with Gasteiger partial charge in [-0.05, 0) is 91.1 Å². The molecular formula is C29H30N2O4S. The number of sulfone groups is 1. The van der Waals surface area contributed by atoms with Crippen molar-refractivity contribution in [3.63, 3.8) is 0 Å². The third kappa shape index (κ3) is 5.85. The van der Waals surface area contributed by atoms with Gasteiger partial charge in [-0.1, -0.05) is 36.8 Å². The largest absolute Gasteiger partial charge is 0.326 e. The van der Waals surface area contributed by atoms with Gasteiger partial charge < -0.3 is 10.6 Å². The molecule has 3 aromatic carbocycles. The standard InChI is InChI=1S/C29H30N2O4S/c32-28(17-20-11-14-25(15-12-20)36(34,35)19-21-9-10-21)30-24-13-16-26(27(18-24)22-5-4-6-22)29(33)31-23-7-2-1-3-8-23/h1-3,7-8,11-16,18,21-22H,4-6,9-10,17,19H2,(H,30,32)(H,31,33). The van der Waals surface area contributed by atoms with E-state index in [1.165, 1.54) is 0 Å². The Hall–Kier alpha value is -3.45. The van der Waals surface area contributed by atoms with Gasteiger partial charge in [-0.15, -0.1) is 0 Å². The lowest BCUT2D eigenvalue weighted by atomic mass is 9.78. The Kier molecular flexibility index (Phi) is 6.92. The molecule has 2 saturated carbocycles. The van der Waals surface area contributed by atoms with Crippen molar-refractivity contribution >= 4 is 33.0 Å². The highest BCUT2D eigenvalue weighted by molar-refractivity contribution is 7.91. The Morgan fingerprint density at radius 2 is 1.53 bits per heavy atom. The van der Waals surface area contributed by atoms with E-state index in [1.807, 2.05) is 36.4 Å². The molecule has 2 aliphatic rings. The van der Waals surface area contributed by atoms with Crippen LogP contribution < -0.4 is 10.6 Å². The predicted octanol–water partition coefficient (Wildman–Crippen LogP) is 5.57. The van der Waals surface area contributed by atoms with Crippen molar-refractivity contribution in [2.75, 3.05) is 16.4 Å². The number of carbonyl (C=O) groups is 2. The van der Waals surface area contributed by atoms with Gasteiger partial charge >= 0.3 is 0 Å². The zero-order valence-corrected chi connectivity index (χ0v) is 20.9. The summed E-state index contributed by atoms with van der Waals surface area (Å²) in [6.45, 7) is 0. The van der Waals surface area contributed by atoms with Crippen LogP contribution in [-0.2, 0) is 21.1 Å². The summed E-state index contributed by atoms with van der Waals surface area (Å²) >= 11 is 0. The van der Waals surface area contributed by atoms with Crippen LogP contribution in [0.15, 0.2) is 77.7 Å². The summed E-state index contributed by atoms with van der Waals surface area (Å²) in [5.74, 6) is 0.460. The molecule has 0 saturated heterocycles. The summed E-state index contributed by atoms with van der Waals surface area (Å²) in [5.41, 5.74) is 3.73. The normalized spacial score (nSPS) is 15.7. The highest BCUT2D eigenvalue weighted by Crippen LogP contribution is 2.39. The third-order valence-electron chi connectivity index (χ3n) is 6.96. The maximum atomic E-state index is 13.0. The van der Waals surface area contributed by atoms with E-state index in [4.69, 9.17) is 0 Å². The van der Waals surface area contributed by atoms with E-state index in [0.29, 0.717) is 28.0 Å². The lowest BCUT2D eigenvalue weighted by Gasteiger charge is -2.28. The highest BCUT2D eigenvalue weighted by Gasteiger charge is 2.29. The number of hydrogen-bond donors (Lipinski definition) is 2. The van der Waals surface area contributed by atoms with E-state index in [-0.39, 0.29) is 24.0 Å². The molecular weight excluding hydrogens is 472 g/mol. The summed E-state index contributed by atoms with van der Waals surface area (Å²) in [6, 6.07) is 21.4. The molecule has 6 nitrogen and oxygen atoms in total. The molecule has 7 heteroatoms. The summed E-state index contributed by atoms with van der Waals surface area (Å²) in [4.78, 5) is 26.0. The Labute approximate surface area is 212 Å². The second-order valence-electron chi connectivity index (χ2n) is 9.84. The van der Waals surface area contributed by atoms with E-state index < -0.39 is 9.84 Å². The Morgan fingerprint density at radius 1 is 0.806 bits per heavy atom. The zero-order chi connectivity index (χ0) is 25.1. The number of nitrogens with one attached hydrogen (secondary N) is 2. The number of carbonyl (C=O) groups excluding carboxylic acids is 2. The molecule has 5 rings (SSSR count). The average Bonchev–Trinajstić information content (AvgIpc) is 3.62. The van der Waals surface area contributed by atoms with Gasteiger partial charge in [-0.2, -0.15) is 0 Å². The van der Waals surface area contributed by atoms with Crippen molar-refractivity contribution in [3.05, 3.63) is 89.5 Å². The van der Waals surface area contributed by atoms with E-state index in [2.05, 4.69) is 10.6 Å². The zero-order valence-electron chi connectivity index (χ0n) is 20.1. The van der Waals surface area contributed by atoms with E-state index >= 15 is 0 Å². The first-order chi connectivity index (χ1) is 17.4. The van der Waals surface area contributed by atoms with Crippen LogP contribution in [0.5, 0.6) is 0 Å². The first-order valence-corrected chi connectivity index (χ1v) is 14.1.